The fraction of sp³-hybridized carbons (Fsp3) is 0.333. The largest absolute Gasteiger partial charge is 0.330 e. The highest BCUT2D eigenvalue weighted by molar-refractivity contribution is 8.02. The molecule has 0 aliphatic heterocycles. The van der Waals surface area contributed by atoms with Crippen LogP contribution in [0.5, 0.6) is 0 Å². The molecule has 0 aliphatic rings. The van der Waals surface area contributed by atoms with E-state index in [0.29, 0.717) is 15.9 Å². The van der Waals surface area contributed by atoms with E-state index < -0.39 is 9.84 Å². The van der Waals surface area contributed by atoms with E-state index in [1.165, 1.54) is 29.4 Å². The fourth-order valence-electron chi connectivity index (χ4n) is 1.39. The van der Waals surface area contributed by atoms with Gasteiger partial charge in [0.1, 0.15) is 9.84 Å². The highest BCUT2D eigenvalue weighted by atomic mass is 35.5. The molecular weight excluding hydrogens is 350 g/mol. The van der Waals surface area contributed by atoms with Crippen LogP contribution in [0.3, 0.4) is 0 Å². The van der Waals surface area contributed by atoms with E-state index in [2.05, 4.69) is 15.5 Å². The van der Waals surface area contributed by atoms with Gasteiger partial charge in [-0.05, 0) is 24.6 Å². The SMILES string of the molecule is Cc1ccc(Nc2nnc(SCCS(C)(=O)=O)s2)cc1Cl. The van der Waals surface area contributed by atoms with Crippen LogP contribution in [0.4, 0.5) is 10.8 Å². The van der Waals surface area contributed by atoms with Crippen molar-refractivity contribution in [1.82, 2.24) is 10.2 Å². The summed E-state index contributed by atoms with van der Waals surface area (Å²) >= 11 is 8.83. The number of aryl methyl sites for hydroxylation is 1. The van der Waals surface area contributed by atoms with E-state index in [-0.39, 0.29) is 5.75 Å². The molecule has 0 aliphatic carbocycles. The molecule has 0 saturated heterocycles. The molecule has 114 valence electrons. The van der Waals surface area contributed by atoms with Crippen molar-refractivity contribution < 1.29 is 8.42 Å². The molecule has 9 heteroatoms. The van der Waals surface area contributed by atoms with Gasteiger partial charge in [-0.1, -0.05) is 40.8 Å². The van der Waals surface area contributed by atoms with Crippen LogP contribution in [-0.4, -0.2) is 36.4 Å². The lowest BCUT2D eigenvalue weighted by Gasteiger charge is -2.03. The first kappa shape index (κ1) is 16.5. The van der Waals surface area contributed by atoms with Gasteiger partial charge in [-0.25, -0.2) is 8.42 Å². The van der Waals surface area contributed by atoms with Crippen LogP contribution < -0.4 is 5.32 Å². The maximum Gasteiger partial charge on any atom is 0.210 e. The zero-order valence-electron chi connectivity index (χ0n) is 11.5. The summed E-state index contributed by atoms with van der Waals surface area (Å²) in [5.74, 6) is 0.609. The van der Waals surface area contributed by atoms with E-state index >= 15 is 0 Å². The predicted octanol–water partition coefficient (Wildman–Crippen LogP) is 3.38. The van der Waals surface area contributed by atoms with Crippen LogP contribution in [-0.2, 0) is 9.84 Å². The highest BCUT2D eigenvalue weighted by Gasteiger charge is 2.08. The molecule has 0 spiro atoms. The molecule has 5 nitrogen and oxygen atoms in total. The summed E-state index contributed by atoms with van der Waals surface area (Å²) < 4.78 is 22.8. The number of rotatable bonds is 6. The molecule has 1 N–H and O–H groups in total. The molecule has 0 saturated carbocycles. The summed E-state index contributed by atoms with van der Waals surface area (Å²) in [6.07, 6.45) is 1.22. The Hall–Kier alpha value is -0.830. The summed E-state index contributed by atoms with van der Waals surface area (Å²) in [5.41, 5.74) is 1.85. The molecule has 0 fully saturated rings. The monoisotopic (exact) mass is 363 g/mol. The Morgan fingerprint density at radius 3 is 2.81 bits per heavy atom. The lowest BCUT2D eigenvalue weighted by Crippen LogP contribution is -2.04. The van der Waals surface area contributed by atoms with Crippen molar-refractivity contribution in [3.05, 3.63) is 28.8 Å². The molecule has 1 aromatic heterocycles. The number of anilines is 2. The van der Waals surface area contributed by atoms with Crippen LogP contribution in [0.25, 0.3) is 0 Å². The van der Waals surface area contributed by atoms with Crippen molar-refractivity contribution in [3.8, 4) is 0 Å². The zero-order valence-corrected chi connectivity index (χ0v) is 14.7. The molecule has 1 heterocycles. The van der Waals surface area contributed by atoms with E-state index in [1.807, 2.05) is 25.1 Å². The Balaban J connectivity index is 1.95. The Labute approximate surface area is 137 Å². The average molecular weight is 364 g/mol. The number of nitrogens with one attached hydrogen (secondary N) is 1. The third kappa shape index (κ3) is 5.46. The van der Waals surface area contributed by atoms with Gasteiger partial charge < -0.3 is 5.32 Å². The summed E-state index contributed by atoms with van der Waals surface area (Å²) in [6, 6.07) is 5.67. The van der Waals surface area contributed by atoms with Crippen LogP contribution in [0, 0.1) is 6.92 Å². The van der Waals surface area contributed by atoms with Gasteiger partial charge in [0.05, 0.1) is 5.75 Å². The third-order valence-corrected chi connectivity index (χ3v) is 6.09. The number of hydrogen-bond donors (Lipinski definition) is 1. The first-order valence-corrected chi connectivity index (χ1v) is 10.2. The predicted molar refractivity (Wildman–Crippen MR) is 89.8 cm³/mol. The maximum absolute atomic E-state index is 11.1. The van der Waals surface area contributed by atoms with Crippen molar-refractivity contribution in [1.29, 1.82) is 0 Å². The van der Waals surface area contributed by atoms with Gasteiger partial charge in [0.15, 0.2) is 4.34 Å². The summed E-state index contributed by atoms with van der Waals surface area (Å²) in [6.45, 7) is 1.94. The minimum absolute atomic E-state index is 0.133. The van der Waals surface area contributed by atoms with Crippen molar-refractivity contribution in [2.45, 2.75) is 11.3 Å². The zero-order chi connectivity index (χ0) is 15.5. The molecule has 0 radical (unpaired) electrons. The van der Waals surface area contributed by atoms with Crippen LogP contribution in [0.15, 0.2) is 22.5 Å². The fourth-order valence-corrected chi connectivity index (χ4v) is 4.61. The minimum atomic E-state index is -2.94. The number of nitrogens with zero attached hydrogens (tertiary/aromatic N) is 2. The van der Waals surface area contributed by atoms with Gasteiger partial charge in [-0.2, -0.15) is 0 Å². The highest BCUT2D eigenvalue weighted by Crippen LogP contribution is 2.29. The molecule has 2 aromatic rings. The molecule has 2 rings (SSSR count). The Kier molecular flexibility index (Phi) is 5.48. The summed E-state index contributed by atoms with van der Waals surface area (Å²) in [5, 5.41) is 12.5. The first-order valence-electron chi connectivity index (χ1n) is 6.01. The number of thioether (sulfide) groups is 1. The molecule has 21 heavy (non-hydrogen) atoms. The molecule has 0 bridgehead atoms. The van der Waals surface area contributed by atoms with E-state index in [0.717, 1.165) is 15.6 Å². The van der Waals surface area contributed by atoms with Crippen molar-refractivity contribution in [2.75, 3.05) is 23.1 Å². The second-order valence-electron chi connectivity index (χ2n) is 4.44. The Bertz CT molecular complexity index is 731. The van der Waals surface area contributed by atoms with E-state index in [1.54, 1.807) is 0 Å². The Morgan fingerprint density at radius 1 is 1.38 bits per heavy atom. The first-order chi connectivity index (χ1) is 9.83. The normalized spacial score (nSPS) is 11.6. The van der Waals surface area contributed by atoms with Crippen LogP contribution in [0.2, 0.25) is 5.02 Å². The van der Waals surface area contributed by atoms with Gasteiger partial charge in [0, 0.05) is 22.7 Å². The van der Waals surface area contributed by atoms with Gasteiger partial charge in [0.25, 0.3) is 0 Å². The lowest BCUT2D eigenvalue weighted by molar-refractivity contribution is 0.603. The molecule has 0 amide bonds. The van der Waals surface area contributed by atoms with Gasteiger partial charge >= 0.3 is 0 Å². The number of aromatic nitrogens is 2. The molecule has 0 atom stereocenters. The lowest BCUT2D eigenvalue weighted by atomic mass is 10.2. The van der Waals surface area contributed by atoms with E-state index in [9.17, 15) is 8.42 Å². The molecule has 0 unspecified atom stereocenters. The minimum Gasteiger partial charge on any atom is -0.330 e. The average Bonchev–Trinajstić information content (AvgIpc) is 2.80. The molecule has 1 aromatic carbocycles. The van der Waals surface area contributed by atoms with Gasteiger partial charge in [-0.15, -0.1) is 10.2 Å². The summed E-state index contributed by atoms with van der Waals surface area (Å²) in [4.78, 5) is 0. The smallest absolute Gasteiger partial charge is 0.210 e. The maximum atomic E-state index is 11.1. The molecular formula is C12H14ClN3O2S3. The van der Waals surface area contributed by atoms with Crippen LogP contribution in [0.1, 0.15) is 5.56 Å². The number of sulfone groups is 1. The van der Waals surface area contributed by atoms with Crippen molar-refractivity contribution in [2.24, 2.45) is 0 Å². The Morgan fingerprint density at radius 2 is 2.14 bits per heavy atom. The number of hydrogen-bond acceptors (Lipinski definition) is 7. The van der Waals surface area contributed by atoms with Gasteiger partial charge in [0.2, 0.25) is 5.13 Å². The quantitative estimate of drug-likeness (QED) is 0.793. The standard InChI is InChI=1S/C12H14ClN3O2S3/c1-8-3-4-9(7-10(8)13)14-11-15-16-12(20-11)19-5-6-21(2,17)18/h3-4,7H,5-6H2,1-2H3,(H,14,15). The topological polar surface area (TPSA) is 72.0 Å². The van der Waals surface area contributed by atoms with Crippen molar-refractivity contribution >= 4 is 55.4 Å². The second kappa shape index (κ2) is 6.95. The number of halogens is 1. The van der Waals surface area contributed by atoms with E-state index in [4.69, 9.17) is 11.6 Å². The van der Waals surface area contributed by atoms with Gasteiger partial charge in [-0.3, -0.25) is 0 Å². The number of benzene rings is 1. The van der Waals surface area contributed by atoms with Crippen molar-refractivity contribution in [3.63, 3.8) is 0 Å². The second-order valence-corrected chi connectivity index (χ2v) is 9.43. The summed E-state index contributed by atoms with van der Waals surface area (Å²) in [7, 11) is -2.94. The third-order valence-electron chi connectivity index (χ3n) is 2.51. The van der Waals surface area contributed by atoms with Crippen LogP contribution >= 0.6 is 34.7 Å².